The summed E-state index contributed by atoms with van der Waals surface area (Å²) in [5.41, 5.74) is 6.28. The number of aliphatic hydroxyl groups excluding tert-OH is 2. The fourth-order valence-corrected chi connectivity index (χ4v) is 2.96. The van der Waals surface area contributed by atoms with Gasteiger partial charge in [0.25, 0.3) is 0 Å². The van der Waals surface area contributed by atoms with E-state index >= 15 is 0 Å². The third kappa shape index (κ3) is 8.79. The Morgan fingerprint density at radius 2 is 1.33 bits per heavy atom. The lowest BCUT2D eigenvalue weighted by atomic mass is 10.0. The molecule has 0 aliphatic carbocycles. The number of nitrogens with two attached hydrogens (primary N) is 1. The molecule has 0 bridgehead atoms. The highest BCUT2D eigenvalue weighted by Crippen LogP contribution is 2.07. The predicted molar refractivity (Wildman–Crippen MR) is 120 cm³/mol. The van der Waals surface area contributed by atoms with Crippen LogP contribution in [0.3, 0.4) is 0 Å². The molecular weight excluding hydrogens is 432 g/mol. The van der Waals surface area contributed by atoms with Crippen molar-refractivity contribution >= 4 is 23.7 Å². The molecule has 11 nitrogen and oxygen atoms in total. The van der Waals surface area contributed by atoms with Crippen molar-refractivity contribution in [1.82, 2.24) is 16.0 Å². The Morgan fingerprint density at radius 3 is 1.79 bits per heavy atom. The molecule has 1 aromatic rings. The van der Waals surface area contributed by atoms with Crippen molar-refractivity contribution in [1.29, 1.82) is 0 Å². The van der Waals surface area contributed by atoms with Gasteiger partial charge in [0.1, 0.15) is 24.2 Å². The number of aliphatic hydroxyl groups is 2. The van der Waals surface area contributed by atoms with Crippen LogP contribution >= 0.6 is 0 Å². The molecule has 0 radical (unpaired) electrons. The monoisotopic (exact) mass is 466 g/mol. The lowest BCUT2D eigenvalue weighted by Crippen LogP contribution is -2.61. The van der Waals surface area contributed by atoms with Crippen LogP contribution in [-0.2, 0) is 25.6 Å². The van der Waals surface area contributed by atoms with Crippen LogP contribution in [0.1, 0.15) is 33.3 Å². The molecule has 33 heavy (non-hydrogen) atoms. The molecule has 0 saturated heterocycles. The third-order valence-electron chi connectivity index (χ3n) is 5.03. The van der Waals surface area contributed by atoms with Gasteiger partial charge in [-0.3, -0.25) is 14.4 Å². The van der Waals surface area contributed by atoms with Gasteiger partial charge in [0.05, 0.1) is 12.2 Å². The van der Waals surface area contributed by atoms with E-state index in [1.165, 1.54) is 13.8 Å². The summed E-state index contributed by atoms with van der Waals surface area (Å²) in [6.45, 7) is 5.90. The van der Waals surface area contributed by atoms with Gasteiger partial charge in [-0.1, -0.05) is 44.2 Å². The Kier molecular flexibility index (Phi) is 10.9. The molecule has 0 aromatic heterocycles. The zero-order valence-corrected chi connectivity index (χ0v) is 19.2. The van der Waals surface area contributed by atoms with Gasteiger partial charge in [-0.05, 0) is 25.3 Å². The van der Waals surface area contributed by atoms with Crippen molar-refractivity contribution in [3.8, 4) is 0 Å². The summed E-state index contributed by atoms with van der Waals surface area (Å²) < 4.78 is 0. The van der Waals surface area contributed by atoms with E-state index in [1.807, 2.05) is 0 Å². The minimum Gasteiger partial charge on any atom is -0.480 e. The van der Waals surface area contributed by atoms with Crippen LogP contribution in [0.2, 0.25) is 0 Å². The second kappa shape index (κ2) is 12.9. The molecule has 3 amide bonds. The van der Waals surface area contributed by atoms with Gasteiger partial charge >= 0.3 is 5.97 Å². The molecule has 8 N–H and O–H groups in total. The minimum atomic E-state index is -1.47. The van der Waals surface area contributed by atoms with Gasteiger partial charge < -0.3 is 37.0 Å². The van der Waals surface area contributed by atoms with Gasteiger partial charge in [-0.2, -0.15) is 0 Å². The lowest BCUT2D eigenvalue weighted by molar-refractivity contribution is -0.143. The van der Waals surface area contributed by atoms with Gasteiger partial charge in [0.15, 0.2) is 0 Å². The van der Waals surface area contributed by atoms with Crippen molar-refractivity contribution in [3.63, 3.8) is 0 Å². The first-order valence-electron chi connectivity index (χ1n) is 10.6. The van der Waals surface area contributed by atoms with Crippen molar-refractivity contribution < 1.29 is 34.5 Å². The van der Waals surface area contributed by atoms with Crippen molar-refractivity contribution in [2.75, 3.05) is 0 Å². The number of amides is 3. The molecule has 11 heteroatoms. The van der Waals surface area contributed by atoms with E-state index in [0.29, 0.717) is 5.56 Å². The number of benzene rings is 1. The first kappa shape index (κ1) is 28.0. The third-order valence-corrected chi connectivity index (χ3v) is 5.03. The number of carbonyl (C=O) groups is 4. The molecule has 0 fully saturated rings. The van der Waals surface area contributed by atoms with E-state index in [-0.39, 0.29) is 6.42 Å². The summed E-state index contributed by atoms with van der Waals surface area (Å²) in [4.78, 5) is 49.4. The van der Waals surface area contributed by atoms with Crippen LogP contribution in [0, 0.1) is 5.92 Å². The fourth-order valence-electron chi connectivity index (χ4n) is 2.96. The van der Waals surface area contributed by atoms with E-state index < -0.39 is 66.0 Å². The first-order valence-corrected chi connectivity index (χ1v) is 10.6. The second-order valence-corrected chi connectivity index (χ2v) is 8.31. The van der Waals surface area contributed by atoms with Gasteiger partial charge in [0.2, 0.25) is 17.7 Å². The second-order valence-electron chi connectivity index (χ2n) is 8.31. The maximum atomic E-state index is 12.8. The van der Waals surface area contributed by atoms with Crippen LogP contribution in [0.4, 0.5) is 0 Å². The number of hydrogen-bond acceptors (Lipinski definition) is 7. The number of carbonyl (C=O) groups excluding carboxylic acids is 3. The Hall–Kier alpha value is -3.02. The standard InChI is InChI=1S/C22H34N4O7/c1-11(2)17(25-19(29)16(23)12(3)27)20(30)26-18(13(4)28)21(31)24-15(22(32)33)10-14-8-6-5-7-9-14/h5-9,11-13,15-18,27-28H,10,23H2,1-4H3,(H,24,31)(H,25,29)(H,26,30)(H,32,33)/t12-,13-,15+,16+,17+,18+/m1/s1. The normalized spacial score (nSPS) is 16.6. The number of aliphatic carboxylic acids is 1. The smallest absolute Gasteiger partial charge is 0.326 e. The topological polar surface area (TPSA) is 191 Å². The van der Waals surface area contributed by atoms with Crippen molar-refractivity contribution in [2.24, 2.45) is 11.7 Å². The fraction of sp³-hybridized carbons (Fsp3) is 0.545. The van der Waals surface area contributed by atoms with Crippen molar-refractivity contribution in [2.45, 2.75) is 70.5 Å². The minimum absolute atomic E-state index is 0.00426. The van der Waals surface area contributed by atoms with E-state index in [2.05, 4.69) is 16.0 Å². The molecule has 0 heterocycles. The highest BCUT2D eigenvalue weighted by Gasteiger charge is 2.34. The summed E-state index contributed by atoms with van der Waals surface area (Å²) in [6.07, 6.45) is -2.50. The van der Waals surface area contributed by atoms with Gasteiger partial charge in [-0.15, -0.1) is 0 Å². The SMILES string of the molecule is CC(C)[C@H](NC(=O)[C@@H](N)[C@@H](C)O)C(=O)N[C@H](C(=O)N[C@@H](Cc1ccccc1)C(=O)O)[C@@H](C)O. The molecule has 1 rings (SSSR count). The summed E-state index contributed by atoms with van der Waals surface area (Å²) in [5.74, 6) is -4.12. The van der Waals surface area contributed by atoms with Crippen LogP contribution in [-0.4, -0.2) is 75.4 Å². The highest BCUT2D eigenvalue weighted by atomic mass is 16.4. The Balaban J connectivity index is 2.94. The van der Waals surface area contributed by atoms with Crippen LogP contribution < -0.4 is 21.7 Å². The maximum absolute atomic E-state index is 12.8. The number of rotatable bonds is 12. The molecule has 6 atom stereocenters. The molecule has 0 aliphatic heterocycles. The quantitative estimate of drug-likeness (QED) is 0.194. The van der Waals surface area contributed by atoms with Crippen molar-refractivity contribution in [3.05, 3.63) is 35.9 Å². The molecular formula is C22H34N4O7. The van der Waals surface area contributed by atoms with E-state index in [1.54, 1.807) is 44.2 Å². The Morgan fingerprint density at radius 1 is 0.818 bits per heavy atom. The molecule has 184 valence electrons. The Bertz CT molecular complexity index is 814. The molecule has 0 saturated carbocycles. The largest absolute Gasteiger partial charge is 0.480 e. The lowest BCUT2D eigenvalue weighted by Gasteiger charge is -2.28. The van der Waals surface area contributed by atoms with Crippen LogP contribution in [0.5, 0.6) is 0 Å². The number of carboxylic acid groups (broad SMARTS) is 1. The summed E-state index contributed by atoms with van der Waals surface area (Å²) >= 11 is 0. The van der Waals surface area contributed by atoms with Crippen LogP contribution in [0.15, 0.2) is 30.3 Å². The average Bonchev–Trinajstić information content (AvgIpc) is 2.74. The van der Waals surface area contributed by atoms with E-state index in [4.69, 9.17) is 5.73 Å². The summed E-state index contributed by atoms with van der Waals surface area (Å²) in [6, 6.07) is 3.53. The number of carboxylic acids is 1. The molecule has 0 spiro atoms. The predicted octanol–water partition coefficient (Wildman–Crippen LogP) is -1.49. The molecule has 0 unspecified atom stereocenters. The zero-order valence-electron chi connectivity index (χ0n) is 19.2. The van der Waals surface area contributed by atoms with Gasteiger partial charge in [0, 0.05) is 6.42 Å². The van der Waals surface area contributed by atoms with Gasteiger partial charge in [-0.25, -0.2) is 4.79 Å². The van der Waals surface area contributed by atoms with Crippen LogP contribution in [0.25, 0.3) is 0 Å². The maximum Gasteiger partial charge on any atom is 0.326 e. The van der Waals surface area contributed by atoms with E-state index in [9.17, 15) is 34.5 Å². The number of hydrogen-bond donors (Lipinski definition) is 7. The summed E-state index contributed by atoms with van der Waals surface area (Å²) in [7, 11) is 0. The average molecular weight is 467 g/mol. The number of nitrogens with one attached hydrogen (secondary N) is 3. The zero-order chi connectivity index (χ0) is 25.3. The van der Waals surface area contributed by atoms with E-state index in [0.717, 1.165) is 0 Å². The Labute approximate surface area is 192 Å². The molecule has 0 aliphatic rings. The molecule has 1 aromatic carbocycles. The highest BCUT2D eigenvalue weighted by molar-refractivity contribution is 5.94. The summed E-state index contributed by atoms with van der Waals surface area (Å²) in [5, 5.41) is 36.2. The first-order chi connectivity index (χ1) is 15.3.